The van der Waals surface area contributed by atoms with Gasteiger partial charge in [-0.1, -0.05) is 36.4 Å². The first-order valence-corrected chi connectivity index (χ1v) is 8.34. The predicted molar refractivity (Wildman–Crippen MR) is 94.6 cm³/mol. The molecule has 0 aromatic heterocycles. The number of methoxy groups -OCH3 is 1. The molecule has 4 heteroatoms. The summed E-state index contributed by atoms with van der Waals surface area (Å²) in [5.74, 6) is 1.60. The molecule has 0 saturated carbocycles. The molecule has 3 rings (SSSR count). The van der Waals surface area contributed by atoms with Crippen molar-refractivity contribution in [2.45, 2.75) is 19.1 Å². The third-order valence-electron chi connectivity index (χ3n) is 4.25. The van der Waals surface area contributed by atoms with Crippen molar-refractivity contribution in [1.82, 2.24) is 4.90 Å². The molecule has 0 spiro atoms. The van der Waals surface area contributed by atoms with E-state index in [-0.39, 0.29) is 5.60 Å². The van der Waals surface area contributed by atoms with Gasteiger partial charge in [-0.2, -0.15) is 0 Å². The van der Waals surface area contributed by atoms with Crippen LogP contribution in [0.15, 0.2) is 54.6 Å². The van der Waals surface area contributed by atoms with Gasteiger partial charge in [-0.3, -0.25) is 4.90 Å². The van der Waals surface area contributed by atoms with Crippen LogP contribution >= 0.6 is 0 Å². The molecule has 1 unspecified atom stereocenters. The van der Waals surface area contributed by atoms with Crippen molar-refractivity contribution in [3.05, 3.63) is 60.2 Å². The van der Waals surface area contributed by atoms with Crippen LogP contribution in [0.25, 0.3) is 0 Å². The summed E-state index contributed by atoms with van der Waals surface area (Å²) in [5, 5.41) is 0. The van der Waals surface area contributed by atoms with E-state index in [9.17, 15) is 0 Å². The highest BCUT2D eigenvalue weighted by atomic mass is 16.5. The minimum atomic E-state index is -0.309. The van der Waals surface area contributed by atoms with E-state index in [1.165, 1.54) is 5.56 Å². The predicted octanol–water partition coefficient (Wildman–Crippen LogP) is 3.37. The summed E-state index contributed by atoms with van der Waals surface area (Å²) in [5.41, 5.74) is 1.02. The lowest BCUT2D eigenvalue weighted by atomic mass is 10.0. The van der Waals surface area contributed by atoms with Crippen molar-refractivity contribution in [3.8, 4) is 11.5 Å². The molecule has 0 amide bonds. The van der Waals surface area contributed by atoms with Gasteiger partial charge in [0, 0.05) is 25.7 Å². The number of benzene rings is 2. The molecule has 1 fully saturated rings. The van der Waals surface area contributed by atoms with Gasteiger partial charge in [0.15, 0.2) is 0 Å². The number of hydrogen-bond acceptors (Lipinski definition) is 4. The van der Waals surface area contributed by atoms with Gasteiger partial charge in [0.05, 0.1) is 13.7 Å². The molecule has 1 aliphatic heterocycles. The van der Waals surface area contributed by atoms with Gasteiger partial charge in [-0.25, -0.2) is 0 Å². The van der Waals surface area contributed by atoms with Gasteiger partial charge in [-0.05, 0) is 24.6 Å². The molecule has 1 aliphatic rings. The zero-order valence-corrected chi connectivity index (χ0v) is 14.4. The summed E-state index contributed by atoms with van der Waals surface area (Å²) in [6, 6.07) is 18.2. The summed E-state index contributed by atoms with van der Waals surface area (Å²) < 4.78 is 17.2. The molecule has 24 heavy (non-hydrogen) atoms. The van der Waals surface area contributed by atoms with Gasteiger partial charge in [0.25, 0.3) is 0 Å². The topological polar surface area (TPSA) is 30.9 Å². The van der Waals surface area contributed by atoms with E-state index in [0.29, 0.717) is 6.61 Å². The standard InChI is InChI=1S/C20H25NO3/c1-20(16-23-19-10-6-9-18(13-19)22-2)15-21(11-12-24-20)14-17-7-4-3-5-8-17/h3-10,13H,11-12,14-16H2,1-2H3. The van der Waals surface area contributed by atoms with Crippen LogP contribution in [0, 0.1) is 0 Å². The van der Waals surface area contributed by atoms with Crippen LogP contribution in [-0.2, 0) is 11.3 Å². The van der Waals surface area contributed by atoms with Crippen molar-refractivity contribution in [1.29, 1.82) is 0 Å². The maximum Gasteiger partial charge on any atom is 0.123 e. The average molecular weight is 327 g/mol. The largest absolute Gasteiger partial charge is 0.497 e. The highest BCUT2D eigenvalue weighted by Gasteiger charge is 2.33. The third-order valence-corrected chi connectivity index (χ3v) is 4.25. The summed E-state index contributed by atoms with van der Waals surface area (Å²) >= 11 is 0. The first-order chi connectivity index (χ1) is 11.7. The minimum absolute atomic E-state index is 0.309. The van der Waals surface area contributed by atoms with E-state index in [2.05, 4.69) is 42.2 Å². The van der Waals surface area contributed by atoms with Crippen LogP contribution in [0.5, 0.6) is 11.5 Å². The smallest absolute Gasteiger partial charge is 0.123 e. The molecule has 0 N–H and O–H groups in total. The molecule has 4 nitrogen and oxygen atoms in total. The SMILES string of the molecule is COc1cccc(OCC2(C)CN(Cc3ccccc3)CCO2)c1. The number of morpholine rings is 1. The van der Waals surface area contributed by atoms with Crippen LogP contribution in [0.2, 0.25) is 0 Å². The van der Waals surface area contributed by atoms with Crippen molar-refractivity contribution < 1.29 is 14.2 Å². The van der Waals surface area contributed by atoms with Gasteiger partial charge < -0.3 is 14.2 Å². The Kier molecular flexibility index (Phi) is 5.38. The maximum atomic E-state index is 6.01. The molecule has 0 radical (unpaired) electrons. The molecule has 1 atom stereocenters. The zero-order valence-electron chi connectivity index (χ0n) is 14.4. The maximum absolute atomic E-state index is 6.01. The molecule has 128 valence electrons. The summed E-state index contributed by atoms with van der Waals surface area (Å²) in [6.07, 6.45) is 0. The third kappa shape index (κ3) is 4.49. The molecule has 2 aromatic rings. The highest BCUT2D eigenvalue weighted by Crippen LogP contribution is 2.23. The fourth-order valence-electron chi connectivity index (χ4n) is 3.01. The van der Waals surface area contributed by atoms with Crippen molar-refractivity contribution in [2.24, 2.45) is 0 Å². The van der Waals surface area contributed by atoms with E-state index < -0.39 is 0 Å². The molecule has 0 aliphatic carbocycles. The van der Waals surface area contributed by atoms with Crippen LogP contribution in [0.3, 0.4) is 0 Å². The van der Waals surface area contributed by atoms with Crippen molar-refractivity contribution >= 4 is 0 Å². The second-order valence-electron chi connectivity index (χ2n) is 6.46. The number of nitrogens with zero attached hydrogens (tertiary/aromatic N) is 1. The van der Waals surface area contributed by atoms with Gasteiger partial charge in [0.2, 0.25) is 0 Å². The Labute approximate surface area is 144 Å². The van der Waals surface area contributed by atoms with Crippen molar-refractivity contribution in [2.75, 3.05) is 33.4 Å². The van der Waals surface area contributed by atoms with Crippen LogP contribution in [0.4, 0.5) is 0 Å². The van der Waals surface area contributed by atoms with E-state index in [4.69, 9.17) is 14.2 Å². The lowest BCUT2D eigenvalue weighted by Gasteiger charge is -2.40. The molecular formula is C20H25NO3. The summed E-state index contributed by atoms with van der Waals surface area (Å²) in [4.78, 5) is 2.42. The van der Waals surface area contributed by atoms with Crippen LogP contribution < -0.4 is 9.47 Å². The Balaban J connectivity index is 1.57. The lowest BCUT2D eigenvalue weighted by molar-refractivity contribution is -0.118. The molecule has 2 aromatic carbocycles. The number of rotatable bonds is 6. The Morgan fingerprint density at radius 1 is 1.08 bits per heavy atom. The summed E-state index contributed by atoms with van der Waals surface area (Å²) in [7, 11) is 1.66. The van der Waals surface area contributed by atoms with E-state index >= 15 is 0 Å². The normalized spacial score (nSPS) is 21.4. The Hall–Kier alpha value is -2.04. The fourth-order valence-corrected chi connectivity index (χ4v) is 3.01. The fraction of sp³-hybridized carbons (Fsp3) is 0.400. The molecule has 1 heterocycles. The first kappa shape index (κ1) is 16.8. The Bertz CT molecular complexity index is 646. The van der Waals surface area contributed by atoms with Gasteiger partial charge in [0.1, 0.15) is 23.7 Å². The second kappa shape index (κ2) is 7.69. The van der Waals surface area contributed by atoms with Gasteiger partial charge >= 0.3 is 0 Å². The zero-order chi connectivity index (χ0) is 16.8. The van der Waals surface area contributed by atoms with E-state index in [0.717, 1.165) is 37.7 Å². The van der Waals surface area contributed by atoms with E-state index in [1.54, 1.807) is 7.11 Å². The number of hydrogen-bond donors (Lipinski definition) is 0. The minimum Gasteiger partial charge on any atom is -0.497 e. The lowest BCUT2D eigenvalue weighted by Crippen LogP contribution is -2.52. The molecule has 0 bridgehead atoms. The second-order valence-corrected chi connectivity index (χ2v) is 6.46. The van der Waals surface area contributed by atoms with Gasteiger partial charge in [-0.15, -0.1) is 0 Å². The monoisotopic (exact) mass is 327 g/mol. The number of ether oxygens (including phenoxy) is 3. The molecular weight excluding hydrogens is 302 g/mol. The van der Waals surface area contributed by atoms with Crippen LogP contribution in [-0.4, -0.2) is 43.9 Å². The first-order valence-electron chi connectivity index (χ1n) is 8.34. The van der Waals surface area contributed by atoms with E-state index in [1.807, 2.05) is 24.3 Å². The van der Waals surface area contributed by atoms with Crippen LogP contribution in [0.1, 0.15) is 12.5 Å². The quantitative estimate of drug-likeness (QED) is 0.814. The Morgan fingerprint density at radius 3 is 2.67 bits per heavy atom. The highest BCUT2D eigenvalue weighted by molar-refractivity contribution is 5.32. The molecule has 1 saturated heterocycles. The summed E-state index contributed by atoms with van der Waals surface area (Å²) in [6.45, 7) is 6.11. The average Bonchev–Trinajstić information content (AvgIpc) is 2.61. The Morgan fingerprint density at radius 2 is 1.88 bits per heavy atom. The van der Waals surface area contributed by atoms with Crippen molar-refractivity contribution in [3.63, 3.8) is 0 Å².